The highest BCUT2D eigenvalue weighted by molar-refractivity contribution is 7.12. The van der Waals surface area contributed by atoms with Gasteiger partial charge >= 0.3 is 0 Å². The van der Waals surface area contributed by atoms with Crippen molar-refractivity contribution in [2.24, 2.45) is 11.5 Å². The molecule has 0 bridgehead atoms. The van der Waals surface area contributed by atoms with Crippen LogP contribution in [0.5, 0.6) is 0 Å². The van der Waals surface area contributed by atoms with Crippen molar-refractivity contribution in [3.63, 3.8) is 0 Å². The zero-order valence-corrected chi connectivity index (χ0v) is 7.53. The van der Waals surface area contributed by atoms with Crippen molar-refractivity contribution < 1.29 is 0 Å². The van der Waals surface area contributed by atoms with Gasteiger partial charge in [0.2, 0.25) is 0 Å². The SMILES string of the molecule is Cc1ccc([C@@H](N)CCN)s1. The van der Waals surface area contributed by atoms with Gasteiger partial charge in [0.05, 0.1) is 0 Å². The summed E-state index contributed by atoms with van der Waals surface area (Å²) < 4.78 is 0. The van der Waals surface area contributed by atoms with Gasteiger partial charge in [0.15, 0.2) is 0 Å². The molecule has 0 aliphatic carbocycles. The molecule has 1 heterocycles. The van der Waals surface area contributed by atoms with Crippen LogP contribution in [0.15, 0.2) is 12.1 Å². The Kier molecular flexibility index (Phi) is 3.05. The summed E-state index contributed by atoms with van der Waals surface area (Å²) in [6.45, 7) is 2.75. The van der Waals surface area contributed by atoms with E-state index in [1.165, 1.54) is 9.75 Å². The summed E-state index contributed by atoms with van der Waals surface area (Å²) in [6, 6.07) is 4.31. The van der Waals surface area contributed by atoms with Crippen LogP contribution in [0.3, 0.4) is 0 Å². The van der Waals surface area contributed by atoms with E-state index >= 15 is 0 Å². The predicted octanol–water partition coefficient (Wildman–Crippen LogP) is 1.41. The highest BCUT2D eigenvalue weighted by Gasteiger charge is 2.05. The third-order valence-corrected chi connectivity index (χ3v) is 2.74. The molecule has 62 valence electrons. The fourth-order valence-electron chi connectivity index (χ4n) is 0.975. The van der Waals surface area contributed by atoms with E-state index < -0.39 is 0 Å². The lowest BCUT2D eigenvalue weighted by Gasteiger charge is -2.05. The number of thiophene rings is 1. The minimum atomic E-state index is 0.138. The van der Waals surface area contributed by atoms with Gasteiger partial charge in [-0.25, -0.2) is 0 Å². The predicted molar refractivity (Wildman–Crippen MR) is 49.7 cm³/mol. The van der Waals surface area contributed by atoms with Crippen LogP contribution in [0.2, 0.25) is 0 Å². The lowest BCUT2D eigenvalue weighted by atomic mass is 10.2. The van der Waals surface area contributed by atoms with Crippen molar-refractivity contribution in [1.29, 1.82) is 0 Å². The van der Waals surface area contributed by atoms with E-state index in [0.29, 0.717) is 6.54 Å². The Labute approximate surface area is 71.2 Å². The summed E-state index contributed by atoms with van der Waals surface area (Å²) in [5.41, 5.74) is 11.2. The Morgan fingerprint density at radius 2 is 2.27 bits per heavy atom. The van der Waals surface area contributed by atoms with Gasteiger partial charge in [-0.15, -0.1) is 11.3 Å². The maximum absolute atomic E-state index is 5.85. The van der Waals surface area contributed by atoms with Crippen LogP contribution < -0.4 is 11.5 Å². The molecule has 0 saturated carbocycles. The van der Waals surface area contributed by atoms with Crippen molar-refractivity contribution in [3.05, 3.63) is 21.9 Å². The maximum atomic E-state index is 5.85. The molecule has 0 radical (unpaired) electrons. The first-order valence-corrected chi connectivity index (χ1v) is 4.57. The van der Waals surface area contributed by atoms with Gasteiger partial charge in [0, 0.05) is 15.8 Å². The minimum absolute atomic E-state index is 0.138. The van der Waals surface area contributed by atoms with Crippen LogP contribution in [0, 0.1) is 6.92 Å². The summed E-state index contributed by atoms with van der Waals surface area (Å²) in [5.74, 6) is 0. The molecular formula is C8H14N2S. The standard InChI is InChI=1S/C8H14N2S/c1-6-2-3-8(11-6)7(10)4-5-9/h2-3,7H,4-5,9-10H2,1H3/t7-/m0/s1. The average molecular weight is 170 g/mol. The number of nitrogens with two attached hydrogens (primary N) is 2. The van der Waals surface area contributed by atoms with E-state index in [-0.39, 0.29) is 6.04 Å². The van der Waals surface area contributed by atoms with E-state index in [1.807, 2.05) is 0 Å². The summed E-state index contributed by atoms with van der Waals surface area (Å²) in [5, 5.41) is 0. The Balaban J connectivity index is 2.60. The Bertz CT molecular complexity index is 220. The van der Waals surface area contributed by atoms with Crippen molar-refractivity contribution >= 4 is 11.3 Å². The van der Waals surface area contributed by atoms with Gasteiger partial charge in [-0.2, -0.15) is 0 Å². The van der Waals surface area contributed by atoms with Gasteiger partial charge in [0.25, 0.3) is 0 Å². The quantitative estimate of drug-likeness (QED) is 0.720. The first-order chi connectivity index (χ1) is 5.24. The Morgan fingerprint density at radius 1 is 1.55 bits per heavy atom. The summed E-state index contributed by atoms with van der Waals surface area (Å²) >= 11 is 1.76. The molecule has 4 N–H and O–H groups in total. The number of rotatable bonds is 3. The zero-order valence-electron chi connectivity index (χ0n) is 6.71. The molecular weight excluding hydrogens is 156 g/mol. The number of hydrogen-bond acceptors (Lipinski definition) is 3. The molecule has 0 aliphatic heterocycles. The number of aryl methyl sites for hydroxylation is 1. The van der Waals surface area contributed by atoms with E-state index in [4.69, 9.17) is 11.5 Å². The smallest absolute Gasteiger partial charge is 0.0401 e. The van der Waals surface area contributed by atoms with Crippen molar-refractivity contribution in [2.45, 2.75) is 19.4 Å². The van der Waals surface area contributed by atoms with Crippen molar-refractivity contribution in [3.8, 4) is 0 Å². The molecule has 0 fully saturated rings. The van der Waals surface area contributed by atoms with Gasteiger partial charge in [-0.05, 0) is 32.0 Å². The molecule has 1 rings (SSSR count). The van der Waals surface area contributed by atoms with Crippen molar-refractivity contribution in [2.75, 3.05) is 6.54 Å². The van der Waals surface area contributed by atoms with E-state index in [9.17, 15) is 0 Å². The Hall–Kier alpha value is -0.380. The normalized spacial score (nSPS) is 13.4. The van der Waals surface area contributed by atoms with E-state index in [2.05, 4.69) is 19.1 Å². The molecule has 0 aromatic carbocycles. The van der Waals surface area contributed by atoms with E-state index in [1.54, 1.807) is 11.3 Å². The molecule has 2 nitrogen and oxygen atoms in total. The van der Waals surface area contributed by atoms with Crippen LogP contribution in [0.4, 0.5) is 0 Å². The Morgan fingerprint density at radius 3 is 2.73 bits per heavy atom. The highest BCUT2D eigenvalue weighted by Crippen LogP contribution is 2.22. The van der Waals surface area contributed by atoms with Gasteiger partial charge in [0.1, 0.15) is 0 Å². The topological polar surface area (TPSA) is 52.0 Å². The monoisotopic (exact) mass is 170 g/mol. The van der Waals surface area contributed by atoms with Crippen molar-refractivity contribution in [1.82, 2.24) is 0 Å². The van der Waals surface area contributed by atoms with Crippen LogP contribution in [0.25, 0.3) is 0 Å². The van der Waals surface area contributed by atoms with Crippen LogP contribution in [-0.4, -0.2) is 6.54 Å². The fraction of sp³-hybridized carbons (Fsp3) is 0.500. The van der Waals surface area contributed by atoms with Gasteiger partial charge in [-0.1, -0.05) is 0 Å². The number of hydrogen-bond donors (Lipinski definition) is 2. The zero-order chi connectivity index (χ0) is 8.27. The molecule has 1 atom stereocenters. The largest absolute Gasteiger partial charge is 0.330 e. The highest BCUT2D eigenvalue weighted by atomic mass is 32.1. The molecule has 1 aromatic heterocycles. The molecule has 0 amide bonds. The second-order valence-electron chi connectivity index (χ2n) is 2.63. The van der Waals surface area contributed by atoms with E-state index in [0.717, 1.165) is 6.42 Å². The first kappa shape index (κ1) is 8.71. The second-order valence-corrected chi connectivity index (χ2v) is 3.95. The lowest BCUT2D eigenvalue weighted by Crippen LogP contribution is -2.13. The van der Waals surface area contributed by atoms with Crippen LogP contribution >= 0.6 is 11.3 Å². The molecule has 3 heteroatoms. The van der Waals surface area contributed by atoms with Gasteiger partial charge in [-0.3, -0.25) is 0 Å². The third-order valence-electron chi connectivity index (χ3n) is 1.60. The molecule has 1 aromatic rings. The third kappa shape index (κ3) is 2.29. The van der Waals surface area contributed by atoms with Gasteiger partial charge < -0.3 is 11.5 Å². The summed E-state index contributed by atoms with van der Waals surface area (Å²) in [6.07, 6.45) is 0.875. The molecule has 0 aliphatic rings. The lowest BCUT2D eigenvalue weighted by molar-refractivity contribution is 0.672. The second kappa shape index (κ2) is 3.85. The summed E-state index contributed by atoms with van der Waals surface area (Å²) in [7, 11) is 0. The first-order valence-electron chi connectivity index (χ1n) is 3.76. The molecule has 11 heavy (non-hydrogen) atoms. The van der Waals surface area contributed by atoms with Crippen LogP contribution in [0.1, 0.15) is 22.2 Å². The minimum Gasteiger partial charge on any atom is -0.330 e. The molecule has 0 saturated heterocycles. The maximum Gasteiger partial charge on any atom is 0.0401 e. The molecule has 0 unspecified atom stereocenters. The molecule has 0 spiro atoms. The average Bonchev–Trinajstić information content (AvgIpc) is 2.36. The van der Waals surface area contributed by atoms with Crippen LogP contribution in [-0.2, 0) is 0 Å². The summed E-state index contributed by atoms with van der Waals surface area (Å²) in [4.78, 5) is 2.56. The fourth-order valence-corrected chi connectivity index (χ4v) is 1.89.